The maximum absolute atomic E-state index is 12.7. The predicted molar refractivity (Wildman–Crippen MR) is 120 cm³/mol. The van der Waals surface area contributed by atoms with E-state index in [0.717, 1.165) is 0 Å². The van der Waals surface area contributed by atoms with Gasteiger partial charge in [0.1, 0.15) is 5.75 Å². The molecule has 5 nitrogen and oxygen atoms in total. The second-order valence-corrected chi connectivity index (χ2v) is 9.63. The van der Waals surface area contributed by atoms with E-state index in [1.54, 1.807) is 24.3 Å². The molecule has 3 aromatic rings. The van der Waals surface area contributed by atoms with E-state index in [4.69, 9.17) is 11.6 Å². The first kappa shape index (κ1) is 24.6. The Morgan fingerprint density at radius 3 is 2.33 bits per heavy atom. The summed E-state index contributed by atoms with van der Waals surface area (Å²) in [5.74, 6) is -0.974. The van der Waals surface area contributed by atoms with Crippen LogP contribution in [0.2, 0.25) is 5.02 Å². The molecule has 0 heterocycles. The van der Waals surface area contributed by atoms with E-state index in [2.05, 4.69) is 10.1 Å². The van der Waals surface area contributed by atoms with E-state index in [1.807, 2.05) is 0 Å². The Morgan fingerprint density at radius 2 is 1.67 bits per heavy atom. The molecule has 0 fully saturated rings. The number of ether oxygens (including phenoxy) is 1. The fraction of sp³-hybridized carbons (Fsp3) is 0.174. The molecule has 0 saturated carbocycles. The molecular formula is C23H19ClF3NO4S. The van der Waals surface area contributed by atoms with Gasteiger partial charge in [-0.15, -0.1) is 13.2 Å². The maximum atomic E-state index is 12.7. The summed E-state index contributed by atoms with van der Waals surface area (Å²) in [6.45, 7) is 1.52. The van der Waals surface area contributed by atoms with Gasteiger partial charge in [-0.25, -0.2) is 8.42 Å². The summed E-state index contributed by atoms with van der Waals surface area (Å²) < 4.78 is 66.7. The Bertz CT molecular complexity index is 1280. The third-order valence-electron chi connectivity index (χ3n) is 4.69. The van der Waals surface area contributed by atoms with Crippen LogP contribution in [0.3, 0.4) is 0 Å². The average molecular weight is 498 g/mol. The standard InChI is InChI=1S/C23H19ClF3NO4S/c1-2-33(30,31)21-10-6-3-7-15(21)13-22(29)28-16-11-12-17(19(24)14-16)18-8-4-5-9-20(18)32-23(25,26)27/h3-12,14H,2,13H2,1H3,(H,28,29). The van der Waals surface area contributed by atoms with Gasteiger partial charge in [0, 0.05) is 16.8 Å². The van der Waals surface area contributed by atoms with Gasteiger partial charge in [-0.2, -0.15) is 0 Å². The number of carbonyl (C=O) groups is 1. The molecule has 0 aromatic heterocycles. The van der Waals surface area contributed by atoms with Crippen molar-refractivity contribution in [1.29, 1.82) is 0 Å². The third kappa shape index (κ3) is 6.27. The van der Waals surface area contributed by atoms with Crippen LogP contribution >= 0.6 is 11.6 Å². The van der Waals surface area contributed by atoms with Crippen molar-refractivity contribution in [1.82, 2.24) is 0 Å². The number of amides is 1. The number of carbonyl (C=O) groups excluding carboxylic acids is 1. The Labute approximate surface area is 194 Å². The van der Waals surface area contributed by atoms with Gasteiger partial charge < -0.3 is 10.1 Å². The van der Waals surface area contributed by atoms with Crippen LogP contribution in [-0.4, -0.2) is 26.4 Å². The van der Waals surface area contributed by atoms with Crippen LogP contribution in [0.15, 0.2) is 71.6 Å². The Morgan fingerprint density at radius 1 is 1.00 bits per heavy atom. The van der Waals surface area contributed by atoms with Gasteiger partial charge >= 0.3 is 6.36 Å². The zero-order chi connectivity index (χ0) is 24.2. The fourth-order valence-corrected chi connectivity index (χ4v) is 4.62. The summed E-state index contributed by atoms with van der Waals surface area (Å²) in [5.41, 5.74) is 1.09. The first-order valence-electron chi connectivity index (χ1n) is 9.75. The molecule has 0 unspecified atom stereocenters. The lowest BCUT2D eigenvalue weighted by atomic mass is 10.0. The first-order chi connectivity index (χ1) is 15.5. The monoisotopic (exact) mass is 497 g/mol. The number of nitrogens with one attached hydrogen (secondary N) is 1. The van der Waals surface area contributed by atoms with Crippen LogP contribution in [-0.2, 0) is 21.1 Å². The van der Waals surface area contributed by atoms with Crippen molar-refractivity contribution >= 4 is 33.0 Å². The van der Waals surface area contributed by atoms with Gasteiger partial charge in [-0.1, -0.05) is 61.0 Å². The quantitative estimate of drug-likeness (QED) is 0.442. The van der Waals surface area contributed by atoms with Crippen molar-refractivity contribution < 1.29 is 31.1 Å². The normalized spacial score (nSPS) is 11.8. The molecule has 33 heavy (non-hydrogen) atoms. The van der Waals surface area contributed by atoms with E-state index in [0.29, 0.717) is 11.3 Å². The van der Waals surface area contributed by atoms with Crippen LogP contribution < -0.4 is 10.1 Å². The summed E-state index contributed by atoms with van der Waals surface area (Å²) in [4.78, 5) is 12.6. The van der Waals surface area contributed by atoms with Gasteiger partial charge in [0.25, 0.3) is 0 Å². The maximum Gasteiger partial charge on any atom is 0.573 e. The molecule has 174 valence electrons. The Kier molecular flexibility index (Phi) is 7.34. The van der Waals surface area contributed by atoms with Gasteiger partial charge in [0.15, 0.2) is 9.84 Å². The van der Waals surface area contributed by atoms with Gasteiger partial charge in [-0.3, -0.25) is 4.79 Å². The van der Waals surface area contributed by atoms with Crippen LogP contribution in [0.25, 0.3) is 11.1 Å². The number of sulfone groups is 1. The highest BCUT2D eigenvalue weighted by Gasteiger charge is 2.32. The number of hydrogen-bond donors (Lipinski definition) is 1. The minimum atomic E-state index is -4.86. The van der Waals surface area contributed by atoms with Crippen molar-refractivity contribution in [3.8, 4) is 16.9 Å². The molecule has 0 aliphatic carbocycles. The number of anilines is 1. The van der Waals surface area contributed by atoms with Crippen molar-refractivity contribution in [3.63, 3.8) is 0 Å². The van der Waals surface area contributed by atoms with Crippen molar-refractivity contribution in [3.05, 3.63) is 77.3 Å². The topological polar surface area (TPSA) is 72.5 Å². The molecular weight excluding hydrogens is 479 g/mol. The smallest absolute Gasteiger partial charge is 0.405 e. The van der Waals surface area contributed by atoms with E-state index < -0.39 is 27.9 Å². The zero-order valence-electron chi connectivity index (χ0n) is 17.3. The summed E-state index contributed by atoms with van der Waals surface area (Å²) in [7, 11) is -3.50. The number of benzene rings is 3. The number of alkyl halides is 3. The second kappa shape index (κ2) is 9.84. The Hall–Kier alpha value is -3.04. The largest absolute Gasteiger partial charge is 0.573 e. The predicted octanol–water partition coefficient (Wildman–Crippen LogP) is 5.88. The number of halogens is 4. The van der Waals surface area contributed by atoms with E-state index in [-0.39, 0.29) is 33.2 Å². The SMILES string of the molecule is CCS(=O)(=O)c1ccccc1CC(=O)Nc1ccc(-c2ccccc2OC(F)(F)F)c(Cl)c1. The van der Waals surface area contributed by atoms with Crippen molar-refractivity contribution in [2.24, 2.45) is 0 Å². The molecule has 1 N–H and O–H groups in total. The lowest BCUT2D eigenvalue weighted by molar-refractivity contribution is -0.274. The molecule has 0 saturated heterocycles. The molecule has 0 radical (unpaired) electrons. The van der Waals surface area contributed by atoms with Crippen molar-refractivity contribution in [2.75, 3.05) is 11.1 Å². The lowest BCUT2D eigenvalue weighted by Gasteiger charge is -2.15. The van der Waals surface area contributed by atoms with Crippen molar-refractivity contribution in [2.45, 2.75) is 24.6 Å². The van der Waals surface area contributed by atoms with Crippen LogP contribution in [0.1, 0.15) is 12.5 Å². The van der Waals surface area contributed by atoms with E-state index in [9.17, 15) is 26.4 Å². The molecule has 0 bridgehead atoms. The number of rotatable bonds is 7. The van der Waals surface area contributed by atoms with Crippen LogP contribution in [0.4, 0.5) is 18.9 Å². The number of para-hydroxylation sites is 1. The molecule has 0 aliphatic heterocycles. The third-order valence-corrected chi connectivity index (χ3v) is 6.84. The van der Waals surface area contributed by atoms with E-state index in [1.165, 1.54) is 49.4 Å². The molecule has 0 atom stereocenters. The highest BCUT2D eigenvalue weighted by atomic mass is 35.5. The Balaban J connectivity index is 1.81. The summed E-state index contributed by atoms with van der Waals surface area (Å²) in [6.07, 6.45) is -5.05. The van der Waals surface area contributed by atoms with E-state index >= 15 is 0 Å². The van der Waals surface area contributed by atoms with Crippen LogP contribution in [0.5, 0.6) is 5.75 Å². The molecule has 10 heteroatoms. The minimum Gasteiger partial charge on any atom is -0.405 e. The molecule has 3 rings (SSSR count). The molecule has 0 aliphatic rings. The fourth-order valence-electron chi connectivity index (χ4n) is 3.20. The summed E-state index contributed by atoms with van der Waals surface area (Å²) >= 11 is 6.29. The summed E-state index contributed by atoms with van der Waals surface area (Å²) in [5, 5.41) is 2.73. The molecule has 1 amide bonds. The zero-order valence-corrected chi connectivity index (χ0v) is 18.9. The first-order valence-corrected chi connectivity index (χ1v) is 11.8. The highest BCUT2D eigenvalue weighted by Crippen LogP contribution is 2.38. The van der Waals surface area contributed by atoms with Gasteiger partial charge in [0.05, 0.1) is 22.1 Å². The number of hydrogen-bond acceptors (Lipinski definition) is 4. The minimum absolute atomic E-state index is 0.0947. The molecule has 0 spiro atoms. The van der Waals surface area contributed by atoms with Gasteiger partial charge in [-0.05, 0) is 29.8 Å². The van der Waals surface area contributed by atoms with Crippen LogP contribution in [0, 0.1) is 0 Å². The second-order valence-electron chi connectivity index (χ2n) is 6.97. The van der Waals surface area contributed by atoms with Gasteiger partial charge in [0.2, 0.25) is 5.91 Å². The summed E-state index contributed by atoms with van der Waals surface area (Å²) in [6, 6.07) is 16.2. The lowest BCUT2D eigenvalue weighted by Crippen LogP contribution is -2.17. The highest BCUT2D eigenvalue weighted by molar-refractivity contribution is 7.91. The average Bonchev–Trinajstić information content (AvgIpc) is 2.74. The molecule has 3 aromatic carbocycles.